The Kier molecular flexibility index (Phi) is 5.49. The van der Waals surface area contributed by atoms with Crippen LogP contribution >= 0.6 is 0 Å². The smallest absolute Gasteiger partial charge is 0.228 e. The summed E-state index contributed by atoms with van der Waals surface area (Å²) in [4.78, 5) is 24.4. The molecule has 0 radical (unpaired) electrons. The predicted octanol–water partition coefficient (Wildman–Crippen LogP) is 3.75. The second-order valence-electron chi connectivity index (χ2n) is 7.98. The van der Waals surface area contributed by atoms with Crippen molar-refractivity contribution < 1.29 is 14.3 Å². The second kappa shape index (κ2) is 7.82. The number of hydrogen-bond acceptors (Lipinski definition) is 3. The molecule has 1 aliphatic carbocycles. The van der Waals surface area contributed by atoms with Crippen molar-refractivity contribution in [2.75, 3.05) is 5.32 Å². The Hall–Kier alpha value is -2.82. The van der Waals surface area contributed by atoms with Crippen molar-refractivity contribution in [2.24, 2.45) is 11.8 Å². The molecule has 5 nitrogen and oxygen atoms in total. The maximum Gasteiger partial charge on any atom is 0.228 e. The lowest BCUT2D eigenvalue weighted by molar-refractivity contribution is -0.126. The Morgan fingerprint density at radius 3 is 2.22 bits per heavy atom. The van der Waals surface area contributed by atoms with Crippen LogP contribution < -0.4 is 15.4 Å². The van der Waals surface area contributed by atoms with Crippen molar-refractivity contribution in [1.82, 2.24) is 5.32 Å². The van der Waals surface area contributed by atoms with E-state index in [9.17, 15) is 9.59 Å². The molecule has 2 amide bonds. The lowest BCUT2D eigenvalue weighted by atomic mass is 10.1. The summed E-state index contributed by atoms with van der Waals surface area (Å²) >= 11 is 0. The van der Waals surface area contributed by atoms with Gasteiger partial charge in [0.05, 0.1) is 11.8 Å². The number of carbonyl (C=O) groups excluding carboxylic acids is 2. The zero-order valence-electron chi connectivity index (χ0n) is 16.0. The molecular weight excluding hydrogens is 340 g/mol. The third-order valence-electron chi connectivity index (χ3n) is 4.33. The van der Waals surface area contributed by atoms with Crippen LogP contribution in [0.1, 0.15) is 32.8 Å². The number of ether oxygens (including phenoxy) is 1. The summed E-state index contributed by atoms with van der Waals surface area (Å²) in [5.41, 5.74) is 1.52. The fourth-order valence-electron chi connectivity index (χ4n) is 2.85. The summed E-state index contributed by atoms with van der Waals surface area (Å²) in [6, 6.07) is 17.2. The van der Waals surface area contributed by atoms with Crippen molar-refractivity contribution >= 4 is 17.5 Å². The highest BCUT2D eigenvalue weighted by molar-refractivity contribution is 5.99. The zero-order chi connectivity index (χ0) is 19.4. The van der Waals surface area contributed by atoms with Crippen LogP contribution in [0.2, 0.25) is 0 Å². The van der Waals surface area contributed by atoms with Crippen LogP contribution in [-0.2, 0) is 16.2 Å². The zero-order valence-corrected chi connectivity index (χ0v) is 16.0. The van der Waals surface area contributed by atoms with Gasteiger partial charge in [-0.05, 0) is 57.0 Å². The normalized spacial score (nSPS) is 18.5. The van der Waals surface area contributed by atoms with Crippen LogP contribution in [-0.4, -0.2) is 17.4 Å². The Morgan fingerprint density at radius 2 is 1.59 bits per heavy atom. The minimum atomic E-state index is -0.281. The maximum absolute atomic E-state index is 12.3. The van der Waals surface area contributed by atoms with Gasteiger partial charge in [0.15, 0.2) is 0 Å². The molecule has 2 unspecified atom stereocenters. The quantitative estimate of drug-likeness (QED) is 0.818. The van der Waals surface area contributed by atoms with Crippen LogP contribution in [0.15, 0.2) is 54.6 Å². The average Bonchev–Trinajstić information content (AvgIpc) is 3.42. The summed E-state index contributed by atoms with van der Waals surface area (Å²) in [7, 11) is 0. The van der Waals surface area contributed by atoms with E-state index < -0.39 is 0 Å². The largest absolute Gasteiger partial charge is 0.489 e. The first kappa shape index (κ1) is 19.0. The molecule has 0 bridgehead atoms. The highest BCUT2D eigenvalue weighted by atomic mass is 16.5. The number of benzene rings is 2. The SMILES string of the molecule is CC(C)(C)NC(=O)C1CC1C(=O)Nc1ccc(OCc2ccccc2)cc1. The first-order valence-electron chi connectivity index (χ1n) is 9.21. The topological polar surface area (TPSA) is 67.4 Å². The molecule has 5 heteroatoms. The molecule has 1 aliphatic rings. The molecule has 2 aromatic rings. The van der Waals surface area contributed by atoms with E-state index in [0.29, 0.717) is 18.7 Å². The Morgan fingerprint density at radius 1 is 0.963 bits per heavy atom. The monoisotopic (exact) mass is 366 g/mol. The van der Waals surface area contributed by atoms with Gasteiger partial charge in [-0.1, -0.05) is 30.3 Å². The van der Waals surface area contributed by atoms with Crippen molar-refractivity contribution in [3.63, 3.8) is 0 Å². The second-order valence-corrected chi connectivity index (χ2v) is 7.98. The van der Waals surface area contributed by atoms with Crippen LogP contribution in [0.25, 0.3) is 0 Å². The molecule has 2 aromatic carbocycles. The van der Waals surface area contributed by atoms with Gasteiger partial charge in [0, 0.05) is 11.2 Å². The molecular formula is C22H26N2O3. The number of rotatable bonds is 6. The van der Waals surface area contributed by atoms with E-state index in [0.717, 1.165) is 11.3 Å². The summed E-state index contributed by atoms with van der Waals surface area (Å²) in [6.45, 7) is 6.30. The number of anilines is 1. The third kappa shape index (κ3) is 5.58. The Bertz CT molecular complexity index is 795. The Labute approximate surface area is 160 Å². The third-order valence-corrected chi connectivity index (χ3v) is 4.33. The molecule has 27 heavy (non-hydrogen) atoms. The number of carbonyl (C=O) groups is 2. The minimum absolute atomic E-state index is 0.0488. The van der Waals surface area contributed by atoms with E-state index in [-0.39, 0.29) is 29.2 Å². The van der Waals surface area contributed by atoms with Gasteiger partial charge in [0.2, 0.25) is 11.8 Å². The molecule has 0 aromatic heterocycles. The van der Waals surface area contributed by atoms with Crippen molar-refractivity contribution in [3.05, 3.63) is 60.2 Å². The van der Waals surface area contributed by atoms with Crippen LogP contribution in [0.3, 0.4) is 0 Å². The van der Waals surface area contributed by atoms with Crippen molar-refractivity contribution in [1.29, 1.82) is 0 Å². The van der Waals surface area contributed by atoms with Gasteiger partial charge in [0.1, 0.15) is 12.4 Å². The van der Waals surface area contributed by atoms with Gasteiger partial charge in [-0.25, -0.2) is 0 Å². The molecule has 2 N–H and O–H groups in total. The molecule has 3 rings (SSSR count). The van der Waals surface area contributed by atoms with Crippen molar-refractivity contribution in [2.45, 2.75) is 39.3 Å². The lowest BCUT2D eigenvalue weighted by Crippen LogP contribution is -2.42. The lowest BCUT2D eigenvalue weighted by Gasteiger charge is -2.20. The van der Waals surface area contributed by atoms with Gasteiger partial charge in [0.25, 0.3) is 0 Å². The number of nitrogens with one attached hydrogen (secondary N) is 2. The highest BCUT2D eigenvalue weighted by Gasteiger charge is 2.48. The van der Waals surface area contributed by atoms with Gasteiger partial charge < -0.3 is 15.4 Å². The first-order chi connectivity index (χ1) is 12.8. The molecule has 0 heterocycles. The fourth-order valence-corrected chi connectivity index (χ4v) is 2.85. The van der Waals surface area contributed by atoms with Gasteiger partial charge in [-0.15, -0.1) is 0 Å². The van der Waals surface area contributed by atoms with E-state index in [2.05, 4.69) is 10.6 Å². The van der Waals surface area contributed by atoms with Crippen LogP contribution in [0.4, 0.5) is 5.69 Å². The van der Waals surface area contributed by atoms with Gasteiger partial charge in [-0.2, -0.15) is 0 Å². The van der Waals surface area contributed by atoms with Gasteiger partial charge >= 0.3 is 0 Å². The molecule has 0 saturated heterocycles. The Balaban J connectivity index is 1.47. The van der Waals surface area contributed by atoms with E-state index in [1.165, 1.54) is 0 Å². The maximum atomic E-state index is 12.3. The van der Waals surface area contributed by atoms with Gasteiger partial charge in [-0.3, -0.25) is 9.59 Å². The van der Waals surface area contributed by atoms with E-state index >= 15 is 0 Å². The molecule has 1 saturated carbocycles. The molecule has 142 valence electrons. The summed E-state index contributed by atoms with van der Waals surface area (Å²) in [5, 5.41) is 5.81. The molecule has 1 fully saturated rings. The predicted molar refractivity (Wildman–Crippen MR) is 105 cm³/mol. The summed E-state index contributed by atoms with van der Waals surface area (Å²) in [5.74, 6) is 0.110. The van der Waals surface area contributed by atoms with E-state index in [1.807, 2.05) is 75.4 Å². The number of hydrogen-bond donors (Lipinski definition) is 2. The number of amides is 2. The molecule has 0 spiro atoms. The standard InChI is InChI=1S/C22H26N2O3/c1-22(2,3)24-21(26)19-13-18(19)20(25)23-16-9-11-17(12-10-16)27-14-15-7-5-4-6-8-15/h4-12,18-19H,13-14H2,1-3H3,(H,23,25)(H,24,26). The van der Waals surface area contributed by atoms with Crippen molar-refractivity contribution in [3.8, 4) is 5.75 Å². The molecule has 0 aliphatic heterocycles. The fraction of sp³-hybridized carbons (Fsp3) is 0.364. The summed E-state index contributed by atoms with van der Waals surface area (Å²) in [6.07, 6.45) is 0.603. The average molecular weight is 366 g/mol. The first-order valence-corrected chi connectivity index (χ1v) is 9.21. The molecule has 2 atom stereocenters. The summed E-state index contributed by atoms with van der Waals surface area (Å²) < 4.78 is 5.74. The van der Waals surface area contributed by atoms with Crippen LogP contribution in [0, 0.1) is 11.8 Å². The van der Waals surface area contributed by atoms with Crippen LogP contribution in [0.5, 0.6) is 5.75 Å². The highest BCUT2D eigenvalue weighted by Crippen LogP contribution is 2.40. The minimum Gasteiger partial charge on any atom is -0.489 e. The van der Waals surface area contributed by atoms with E-state index in [1.54, 1.807) is 0 Å². The van der Waals surface area contributed by atoms with E-state index in [4.69, 9.17) is 4.74 Å².